The van der Waals surface area contributed by atoms with E-state index in [2.05, 4.69) is 15.9 Å². The van der Waals surface area contributed by atoms with Crippen LogP contribution in [0.3, 0.4) is 0 Å². The molecule has 1 amide bonds. The summed E-state index contributed by atoms with van der Waals surface area (Å²) < 4.78 is 24.5. The van der Waals surface area contributed by atoms with E-state index in [1.54, 1.807) is 13.0 Å². The number of hydrogen-bond acceptors (Lipinski definition) is 3. The lowest BCUT2D eigenvalue weighted by Gasteiger charge is -2.43. The number of rotatable bonds is 1. The van der Waals surface area contributed by atoms with Gasteiger partial charge >= 0.3 is 0 Å². The molecule has 0 aromatic heterocycles. The van der Waals surface area contributed by atoms with E-state index in [0.717, 1.165) is 15.4 Å². The van der Waals surface area contributed by atoms with Crippen molar-refractivity contribution in [3.8, 4) is 0 Å². The smallest absolute Gasteiger partial charge is 0.263 e. The van der Waals surface area contributed by atoms with Gasteiger partial charge in [-0.15, -0.1) is 0 Å². The summed E-state index contributed by atoms with van der Waals surface area (Å²) in [6.45, 7) is 6.57. The first-order chi connectivity index (χ1) is 8.10. The van der Waals surface area contributed by atoms with E-state index in [1.807, 2.05) is 13.0 Å². The molecule has 6 heteroatoms. The second kappa shape index (κ2) is 3.81. The van der Waals surface area contributed by atoms with E-state index < -0.39 is 20.7 Å². The van der Waals surface area contributed by atoms with Crippen molar-refractivity contribution < 1.29 is 13.2 Å². The summed E-state index contributed by atoms with van der Waals surface area (Å²) in [7, 11) is -3.61. The van der Waals surface area contributed by atoms with Crippen LogP contribution in [0.1, 0.15) is 25.0 Å². The van der Waals surface area contributed by atoms with Crippen LogP contribution in [-0.2, 0) is 14.8 Å². The lowest BCUT2D eigenvalue weighted by molar-refractivity contribution is -0.120. The van der Waals surface area contributed by atoms with Gasteiger partial charge < -0.3 is 0 Å². The lowest BCUT2D eigenvalue weighted by Crippen LogP contribution is -2.67. The molecule has 1 aromatic rings. The molecule has 18 heavy (non-hydrogen) atoms. The van der Waals surface area contributed by atoms with Gasteiger partial charge in [0.15, 0.2) is 4.75 Å². The zero-order valence-electron chi connectivity index (χ0n) is 10.6. The highest BCUT2D eigenvalue weighted by Gasteiger charge is 2.61. The van der Waals surface area contributed by atoms with E-state index in [0.29, 0.717) is 10.2 Å². The highest BCUT2D eigenvalue weighted by Crippen LogP contribution is 2.43. The molecule has 0 aliphatic carbocycles. The molecule has 0 saturated carbocycles. The SMILES string of the molecule is Cc1cc(C)c(N2C(=O)C(C)(C)S2(=O)=O)c(Br)c1. The van der Waals surface area contributed by atoms with Crippen molar-refractivity contribution >= 4 is 37.5 Å². The fraction of sp³-hybridized carbons (Fsp3) is 0.417. The van der Waals surface area contributed by atoms with Gasteiger partial charge in [0.1, 0.15) is 0 Å². The Morgan fingerprint density at radius 1 is 1.22 bits per heavy atom. The Morgan fingerprint density at radius 2 is 1.78 bits per heavy atom. The van der Waals surface area contributed by atoms with Gasteiger partial charge in [0.25, 0.3) is 15.9 Å². The standard InChI is InChI=1S/C12H14BrNO3S/c1-7-5-8(2)10(9(13)6-7)14-11(15)12(3,4)18(14,16)17/h5-6H,1-4H3. The van der Waals surface area contributed by atoms with Gasteiger partial charge in [-0.3, -0.25) is 4.79 Å². The normalized spacial score (nSPS) is 20.7. The zero-order valence-corrected chi connectivity index (χ0v) is 13.0. The lowest BCUT2D eigenvalue weighted by atomic mass is 10.1. The maximum Gasteiger partial charge on any atom is 0.263 e. The molecule has 1 aliphatic rings. The Balaban J connectivity index is 2.64. The molecular weight excluding hydrogens is 318 g/mol. The summed E-state index contributed by atoms with van der Waals surface area (Å²) in [5.74, 6) is -0.393. The van der Waals surface area contributed by atoms with E-state index in [4.69, 9.17) is 0 Å². The number of anilines is 1. The molecule has 0 spiro atoms. The van der Waals surface area contributed by atoms with Crippen molar-refractivity contribution in [3.63, 3.8) is 0 Å². The third kappa shape index (κ3) is 1.55. The van der Waals surface area contributed by atoms with Crippen LogP contribution in [0, 0.1) is 13.8 Å². The number of carbonyl (C=O) groups excluding carboxylic acids is 1. The van der Waals surface area contributed by atoms with Crippen molar-refractivity contribution in [2.75, 3.05) is 4.31 Å². The maximum atomic E-state index is 12.2. The Kier molecular flexibility index (Phi) is 2.86. The predicted octanol–water partition coefficient (Wildman–Crippen LogP) is 2.52. The fourth-order valence-electron chi connectivity index (χ4n) is 2.04. The van der Waals surface area contributed by atoms with Crippen LogP contribution in [0.2, 0.25) is 0 Å². The number of amides is 1. The summed E-state index contributed by atoms with van der Waals surface area (Å²) in [5.41, 5.74) is 2.19. The third-order valence-corrected chi connectivity index (χ3v) is 6.08. The Labute approximate surface area is 115 Å². The van der Waals surface area contributed by atoms with Crippen molar-refractivity contribution in [2.24, 2.45) is 0 Å². The van der Waals surface area contributed by atoms with E-state index in [-0.39, 0.29) is 0 Å². The molecule has 98 valence electrons. The van der Waals surface area contributed by atoms with E-state index >= 15 is 0 Å². The predicted molar refractivity (Wildman–Crippen MR) is 74.1 cm³/mol. The average Bonchev–Trinajstić information content (AvgIpc) is 2.21. The van der Waals surface area contributed by atoms with Crippen molar-refractivity contribution in [1.29, 1.82) is 0 Å². The van der Waals surface area contributed by atoms with Gasteiger partial charge in [-0.2, -0.15) is 0 Å². The summed E-state index contributed by atoms with van der Waals surface area (Å²) in [6, 6.07) is 3.66. The molecule has 0 unspecified atom stereocenters. The molecule has 0 bridgehead atoms. The summed E-state index contributed by atoms with van der Waals surface area (Å²) in [6.07, 6.45) is 0. The largest absolute Gasteiger partial charge is 0.272 e. The van der Waals surface area contributed by atoms with Gasteiger partial charge in [-0.1, -0.05) is 6.07 Å². The molecule has 0 N–H and O–H groups in total. The monoisotopic (exact) mass is 331 g/mol. The van der Waals surface area contributed by atoms with Crippen LogP contribution in [0.4, 0.5) is 5.69 Å². The molecule has 1 aliphatic heterocycles. The molecule has 1 fully saturated rings. The first kappa shape index (κ1) is 13.5. The second-order valence-corrected chi connectivity index (χ2v) is 8.19. The second-order valence-electron chi connectivity index (χ2n) is 5.00. The third-order valence-electron chi connectivity index (χ3n) is 3.19. The number of carbonyl (C=O) groups is 1. The molecular formula is C12H14BrNO3S. The van der Waals surface area contributed by atoms with Gasteiger partial charge in [-0.25, -0.2) is 12.7 Å². The highest BCUT2D eigenvalue weighted by molar-refractivity contribution is 9.10. The highest BCUT2D eigenvalue weighted by atomic mass is 79.9. The summed E-state index contributed by atoms with van der Waals surface area (Å²) >= 11 is 3.33. The van der Waals surface area contributed by atoms with Crippen LogP contribution in [-0.4, -0.2) is 19.1 Å². The molecule has 1 heterocycles. The molecule has 1 saturated heterocycles. The van der Waals surface area contributed by atoms with Gasteiger partial charge in [0.2, 0.25) is 0 Å². The minimum atomic E-state index is -3.61. The first-order valence-electron chi connectivity index (χ1n) is 5.47. The van der Waals surface area contributed by atoms with Gasteiger partial charge in [0.05, 0.1) is 5.69 Å². The van der Waals surface area contributed by atoms with E-state index in [9.17, 15) is 13.2 Å². The molecule has 4 nitrogen and oxygen atoms in total. The quantitative estimate of drug-likeness (QED) is 0.794. The topological polar surface area (TPSA) is 54.5 Å². The average molecular weight is 332 g/mol. The minimum Gasteiger partial charge on any atom is -0.272 e. The molecule has 0 atom stereocenters. The Morgan fingerprint density at radius 3 is 2.22 bits per heavy atom. The zero-order chi connectivity index (χ0) is 13.9. The van der Waals surface area contributed by atoms with Gasteiger partial charge in [-0.05, 0) is 60.8 Å². The Hall–Kier alpha value is -0.880. The van der Waals surface area contributed by atoms with Crippen LogP contribution in [0.5, 0.6) is 0 Å². The molecule has 0 radical (unpaired) electrons. The van der Waals surface area contributed by atoms with Crippen molar-refractivity contribution in [3.05, 3.63) is 27.7 Å². The van der Waals surface area contributed by atoms with Crippen molar-refractivity contribution in [2.45, 2.75) is 32.4 Å². The van der Waals surface area contributed by atoms with E-state index in [1.165, 1.54) is 13.8 Å². The number of halogens is 1. The number of benzene rings is 1. The fourth-order valence-corrected chi connectivity index (χ4v) is 4.57. The number of hydrogen-bond donors (Lipinski definition) is 0. The van der Waals surface area contributed by atoms with Crippen LogP contribution >= 0.6 is 15.9 Å². The van der Waals surface area contributed by atoms with Crippen LogP contribution in [0.25, 0.3) is 0 Å². The molecule has 2 rings (SSSR count). The maximum absolute atomic E-state index is 12.2. The van der Waals surface area contributed by atoms with Crippen molar-refractivity contribution in [1.82, 2.24) is 0 Å². The number of aryl methyl sites for hydroxylation is 2. The van der Waals surface area contributed by atoms with Crippen LogP contribution < -0.4 is 4.31 Å². The van der Waals surface area contributed by atoms with Crippen LogP contribution in [0.15, 0.2) is 16.6 Å². The van der Waals surface area contributed by atoms with Gasteiger partial charge in [0, 0.05) is 4.47 Å². The molecule has 1 aromatic carbocycles. The number of nitrogens with zero attached hydrogens (tertiary/aromatic N) is 1. The Bertz CT molecular complexity index is 626. The summed E-state index contributed by atoms with van der Waals surface area (Å²) in [5, 5.41) is 0. The first-order valence-corrected chi connectivity index (χ1v) is 7.70. The number of sulfonamides is 1. The minimum absolute atomic E-state index is 0.393. The summed E-state index contributed by atoms with van der Waals surface area (Å²) in [4.78, 5) is 12.0.